The zero-order valence-corrected chi connectivity index (χ0v) is 19.0. The molecule has 0 atom stereocenters. The van der Waals surface area contributed by atoms with Crippen LogP contribution in [0.1, 0.15) is 22.3 Å². The highest BCUT2D eigenvalue weighted by Crippen LogP contribution is 2.57. The van der Waals surface area contributed by atoms with Crippen LogP contribution in [0.5, 0.6) is 5.75 Å². The van der Waals surface area contributed by atoms with Gasteiger partial charge >= 0.3 is 0 Å². The van der Waals surface area contributed by atoms with E-state index in [0.29, 0.717) is 10.8 Å². The summed E-state index contributed by atoms with van der Waals surface area (Å²) in [6, 6.07) is 29.4. The Morgan fingerprint density at radius 1 is 0.735 bits per heavy atom. The molecule has 2 nitrogen and oxygen atoms in total. The van der Waals surface area contributed by atoms with Crippen LogP contribution in [-0.4, -0.2) is 5.11 Å². The molecular weight excluding hydrogens is 440 g/mol. The van der Waals surface area contributed by atoms with Gasteiger partial charge in [-0.05, 0) is 70.1 Å². The van der Waals surface area contributed by atoms with Crippen LogP contribution in [0.15, 0.2) is 89.3 Å². The summed E-state index contributed by atoms with van der Waals surface area (Å²) in [4.78, 5) is 0. The average molecular weight is 459 g/mol. The van der Waals surface area contributed by atoms with Gasteiger partial charge in [0.2, 0.25) is 0 Å². The molecule has 1 heterocycles. The van der Waals surface area contributed by atoms with E-state index >= 15 is 0 Å². The standard InChI is InChI=1S/C31H19ClO2/c32-18-10-11-21-22-13-17-9-12-27(33)23-15-31(16-24(29(17)23)30(22)34-28(21)14-18)25-7-3-1-5-19(25)20-6-2-4-8-26(20)31/h1-14,33H,15-16H2. The highest BCUT2D eigenvalue weighted by Gasteiger charge is 2.47. The molecule has 34 heavy (non-hydrogen) atoms. The molecule has 6 aromatic rings. The number of hydrogen-bond donors (Lipinski definition) is 1. The second-order valence-corrected chi connectivity index (χ2v) is 10.1. The number of aromatic hydroxyl groups is 1. The molecule has 0 aliphatic heterocycles. The molecule has 0 saturated heterocycles. The number of hydrogen-bond acceptors (Lipinski definition) is 2. The molecule has 0 fully saturated rings. The summed E-state index contributed by atoms with van der Waals surface area (Å²) in [5, 5.41) is 16.2. The molecule has 0 radical (unpaired) electrons. The summed E-state index contributed by atoms with van der Waals surface area (Å²) >= 11 is 6.30. The fourth-order valence-corrected chi connectivity index (χ4v) is 6.83. The van der Waals surface area contributed by atoms with Gasteiger partial charge in [0.25, 0.3) is 0 Å². The van der Waals surface area contributed by atoms with Gasteiger partial charge in [-0.1, -0.05) is 66.2 Å². The maximum atomic E-state index is 11.1. The van der Waals surface area contributed by atoms with E-state index in [1.54, 1.807) is 0 Å². The van der Waals surface area contributed by atoms with Crippen molar-refractivity contribution < 1.29 is 9.52 Å². The third-order valence-corrected chi connectivity index (χ3v) is 8.25. The third-order valence-electron chi connectivity index (χ3n) is 8.02. The van der Waals surface area contributed by atoms with Crippen molar-refractivity contribution in [3.63, 3.8) is 0 Å². The molecule has 5 aromatic carbocycles. The zero-order chi connectivity index (χ0) is 22.6. The Bertz CT molecular complexity index is 1800. The Morgan fingerprint density at radius 2 is 1.44 bits per heavy atom. The van der Waals surface area contributed by atoms with Crippen LogP contribution in [-0.2, 0) is 18.3 Å². The van der Waals surface area contributed by atoms with Gasteiger partial charge in [-0.25, -0.2) is 0 Å². The highest BCUT2D eigenvalue weighted by molar-refractivity contribution is 6.31. The van der Waals surface area contributed by atoms with Gasteiger partial charge in [-0.3, -0.25) is 0 Å². The molecule has 162 valence electrons. The quantitative estimate of drug-likeness (QED) is 0.249. The lowest BCUT2D eigenvalue weighted by molar-refractivity contribution is 0.448. The Hall–Kier alpha value is -3.75. The molecule has 1 N–H and O–H groups in total. The summed E-state index contributed by atoms with van der Waals surface area (Å²) < 4.78 is 6.50. The molecule has 2 aliphatic rings. The van der Waals surface area contributed by atoms with Crippen molar-refractivity contribution in [2.75, 3.05) is 0 Å². The van der Waals surface area contributed by atoms with Crippen molar-refractivity contribution in [2.45, 2.75) is 18.3 Å². The number of phenolic OH excluding ortho intramolecular Hbond substituents is 1. The fraction of sp³-hybridized carbons (Fsp3) is 0.0968. The molecule has 3 heteroatoms. The summed E-state index contributed by atoms with van der Waals surface area (Å²) in [7, 11) is 0. The minimum Gasteiger partial charge on any atom is -0.508 e. The Labute approximate surface area is 201 Å². The third kappa shape index (κ3) is 2.17. The van der Waals surface area contributed by atoms with Crippen molar-refractivity contribution in [3.05, 3.63) is 112 Å². The van der Waals surface area contributed by atoms with E-state index in [-0.39, 0.29) is 5.41 Å². The minimum atomic E-state index is -0.253. The summed E-state index contributed by atoms with van der Waals surface area (Å²) in [5.41, 5.74) is 8.85. The SMILES string of the molecule is Oc1ccc2cc3c(oc4cc(Cl)ccc43)c3c2c1CC1(C3)c2ccccc2-c2ccccc21. The molecule has 1 spiro atoms. The molecule has 0 amide bonds. The van der Waals surface area contributed by atoms with Gasteiger partial charge in [0, 0.05) is 38.4 Å². The predicted molar refractivity (Wildman–Crippen MR) is 138 cm³/mol. The van der Waals surface area contributed by atoms with Crippen LogP contribution in [0, 0.1) is 0 Å². The average Bonchev–Trinajstić information content (AvgIpc) is 3.35. The van der Waals surface area contributed by atoms with Crippen LogP contribution in [0.4, 0.5) is 0 Å². The van der Waals surface area contributed by atoms with E-state index in [4.69, 9.17) is 16.0 Å². The van der Waals surface area contributed by atoms with Crippen molar-refractivity contribution in [1.29, 1.82) is 0 Å². The number of rotatable bonds is 0. The Kier molecular flexibility index (Phi) is 3.41. The van der Waals surface area contributed by atoms with E-state index in [1.165, 1.54) is 27.8 Å². The van der Waals surface area contributed by atoms with Crippen molar-refractivity contribution in [3.8, 4) is 16.9 Å². The van der Waals surface area contributed by atoms with E-state index in [2.05, 4.69) is 54.6 Å². The molecule has 1 aromatic heterocycles. The topological polar surface area (TPSA) is 33.4 Å². The second kappa shape index (κ2) is 6.22. The molecular formula is C31H19ClO2. The molecule has 0 bridgehead atoms. The number of halogens is 1. The van der Waals surface area contributed by atoms with E-state index in [9.17, 15) is 5.11 Å². The van der Waals surface area contributed by atoms with Gasteiger partial charge in [0.15, 0.2) is 0 Å². The summed E-state index contributed by atoms with van der Waals surface area (Å²) in [6.45, 7) is 0. The molecule has 8 rings (SSSR count). The number of fused-ring (bicyclic) bond motifs is 9. The first kappa shape index (κ1) is 18.7. The first-order valence-electron chi connectivity index (χ1n) is 11.6. The van der Waals surface area contributed by atoms with E-state index < -0.39 is 0 Å². The lowest BCUT2D eigenvalue weighted by atomic mass is 9.65. The predicted octanol–water partition coefficient (Wildman–Crippen LogP) is 8.16. The summed E-state index contributed by atoms with van der Waals surface area (Å²) in [5.74, 6) is 0.355. The molecule has 0 unspecified atom stereocenters. The number of benzene rings is 5. The van der Waals surface area contributed by atoms with Crippen LogP contribution in [0.2, 0.25) is 5.02 Å². The van der Waals surface area contributed by atoms with E-state index in [1.807, 2.05) is 30.3 Å². The molecule has 0 saturated carbocycles. The van der Waals surface area contributed by atoms with Crippen LogP contribution < -0.4 is 0 Å². The highest BCUT2D eigenvalue weighted by atomic mass is 35.5. The fourth-order valence-electron chi connectivity index (χ4n) is 6.67. The maximum Gasteiger partial charge on any atom is 0.139 e. The Balaban J connectivity index is 1.53. The monoisotopic (exact) mass is 458 g/mol. The smallest absolute Gasteiger partial charge is 0.139 e. The van der Waals surface area contributed by atoms with Crippen LogP contribution >= 0.6 is 11.6 Å². The first-order chi connectivity index (χ1) is 16.6. The van der Waals surface area contributed by atoms with Gasteiger partial charge in [0.1, 0.15) is 16.9 Å². The number of furan rings is 1. The Morgan fingerprint density at radius 3 is 2.21 bits per heavy atom. The lowest BCUT2D eigenvalue weighted by Crippen LogP contribution is -2.34. The maximum absolute atomic E-state index is 11.1. The van der Waals surface area contributed by atoms with Crippen molar-refractivity contribution in [1.82, 2.24) is 0 Å². The van der Waals surface area contributed by atoms with Gasteiger partial charge in [0.05, 0.1) is 0 Å². The largest absolute Gasteiger partial charge is 0.508 e. The zero-order valence-electron chi connectivity index (χ0n) is 18.2. The van der Waals surface area contributed by atoms with Gasteiger partial charge in [-0.2, -0.15) is 0 Å². The summed E-state index contributed by atoms with van der Waals surface area (Å²) in [6.07, 6.45) is 1.58. The minimum absolute atomic E-state index is 0.253. The second-order valence-electron chi connectivity index (χ2n) is 9.66. The van der Waals surface area contributed by atoms with Gasteiger partial charge in [-0.15, -0.1) is 0 Å². The molecule has 2 aliphatic carbocycles. The van der Waals surface area contributed by atoms with Crippen molar-refractivity contribution >= 4 is 44.3 Å². The normalized spacial score (nSPS) is 15.3. The van der Waals surface area contributed by atoms with E-state index in [0.717, 1.165) is 51.1 Å². The van der Waals surface area contributed by atoms with Crippen molar-refractivity contribution in [2.24, 2.45) is 0 Å². The van der Waals surface area contributed by atoms with Crippen LogP contribution in [0.25, 0.3) is 43.8 Å². The number of phenols is 1. The first-order valence-corrected chi connectivity index (χ1v) is 12.0. The van der Waals surface area contributed by atoms with Crippen LogP contribution in [0.3, 0.4) is 0 Å². The lowest BCUT2D eigenvalue weighted by Gasteiger charge is -2.37. The van der Waals surface area contributed by atoms with Gasteiger partial charge < -0.3 is 9.52 Å².